The van der Waals surface area contributed by atoms with Gasteiger partial charge in [0.15, 0.2) is 0 Å². The summed E-state index contributed by atoms with van der Waals surface area (Å²) in [4.78, 5) is 9.98. The van der Waals surface area contributed by atoms with E-state index in [2.05, 4.69) is 0 Å². The van der Waals surface area contributed by atoms with Gasteiger partial charge in [0.05, 0.1) is 31.1 Å². The molecule has 1 aromatic rings. The van der Waals surface area contributed by atoms with Gasteiger partial charge in [-0.3, -0.25) is 4.57 Å². The van der Waals surface area contributed by atoms with E-state index in [0.717, 1.165) is 5.56 Å². The standard InChI is InChI=1S/C14H21O5P/c1-17-11-19-13-7-14(20(15,16)10-13)9-18-8-12-5-3-2-4-6-12/h2-6,13-14H,7-11H2,1H3,(H,15,16)/t13-,14+/m0/s1. The molecule has 0 aromatic heterocycles. The molecular formula is C14H21O5P. The van der Waals surface area contributed by atoms with Crippen molar-refractivity contribution in [2.24, 2.45) is 0 Å². The summed E-state index contributed by atoms with van der Waals surface area (Å²) in [6.45, 7) is 0.901. The van der Waals surface area contributed by atoms with E-state index in [1.54, 1.807) is 0 Å². The molecule has 6 heteroatoms. The number of rotatable bonds is 7. The molecule has 1 aliphatic heterocycles. The van der Waals surface area contributed by atoms with Gasteiger partial charge in [-0.15, -0.1) is 0 Å². The van der Waals surface area contributed by atoms with Crippen LogP contribution in [-0.4, -0.2) is 43.3 Å². The number of ether oxygens (including phenoxy) is 3. The van der Waals surface area contributed by atoms with Crippen LogP contribution in [0.3, 0.4) is 0 Å². The Bertz CT molecular complexity index is 450. The van der Waals surface area contributed by atoms with Gasteiger partial charge >= 0.3 is 0 Å². The van der Waals surface area contributed by atoms with E-state index in [0.29, 0.717) is 13.0 Å². The number of methoxy groups -OCH3 is 1. The summed E-state index contributed by atoms with van der Waals surface area (Å²) < 4.78 is 27.9. The molecule has 1 aliphatic rings. The van der Waals surface area contributed by atoms with Gasteiger partial charge in [-0.1, -0.05) is 30.3 Å². The summed E-state index contributed by atoms with van der Waals surface area (Å²) >= 11 is 0. The molecule has 0 radical (unpaired) electrons. The average molecular weight is 300 g/mol. The van der Waals surface area contributed by atoms with Gasteiger partial charge in [-0.2, -0.15) is 0 Å². The summed E-state index contributed by atoms with van der Waals surface area (Å²) in [7, 11) is -1.64. The van der Waals surface area contributed by atoms with E-state index < -0.39 is 7.37 Å². The zero-order valence-electron chi connectivity index (χ0n) is 11.6. The Hall–Kier alpha value is -0.710. The van der Waals surface area contributed by atoms with Crippen LogP contribution in [-0.2, 0) is 25.4 Å². The van der Waals surface area contributed by atoms with Gasteiger partial charge in [0.1, 0.15) is 6.79 Å². The lowest BCUT2D eigenvalue weighted by molar-refractivity contribution is -0.0647. The molecule has 1 N–H and O–H groups in total. The van der Waals surface area contributed by atoms with E-state index in [1.807, 2.05) is 30.3 Å². The molecule has 1 heterocycles. The van der Waals surface area contributed by atoms with E-state index in [-0.39, 0.29) is 31.3 Å². The molecule has 0 bridgehead atoms. The maximum Gasteiger partial charge on any atom is 0.208 e. The van der Waals surface area contributed by atoms with Gasteiger partial charge in [-0.05, 0) is 12.0 Å². The maximum atomic E-state index is 12.1. The Balaban J connectivity index is 1.78. The molecule has 0 spiro atoms. The van der Waals surface area contributed by atoms with Gasteiger partial charge in [0.25, 0.3) is 0 Å². The minimum Gasteiger partial charge on any atom is -0.376 e. The van der Waals surface area contributed by atoms with Crippen molar-refractivity contribution in [3.8, 4) is 0 Å². The van der Waals surface area contributed by atoms with E-state index in [4.69, 9.17) is 14.2 Å². The Morgan fingerprint density at radius 2 is 2.10 bits per heavy atom. The van der Waals surface area contributed by atoms with Crippen LogP contribution in [0.2, 0.25) is 0 Å². The lowest BCUT2D eigenvalue weighted by Gasteiger charge is -2.14. The van der Waals surface area contributed by atoms with Crippen molar-refractivity contribution in [2.75, 3.05) is 26.7 Å². The van der Waals surface area contributed by atoms with Crippen LogP contribution >= 0.6 is 7.37 Å². The Labute approximate surface area is 119 Å². The fourth-order valence-corrected chi connectivity index (χ4v) is 4.38. The van der Waals surface area contributed by atoms with Gasteiger partial charge in [-0.25, -0.2) is 0 Å². The molecule has 3 atom stereocenters. The van der Waals surface area contributed by atoms with Crippen molar-refractivity contribution in [1.82, 2.24) is 0 Å². The van der Waals surface area contributed by atoms with Crippen LogP contribution in [0, 0.1) is 0 Å². The van der Waals surface area contributed by atoms with Crippen LogP contribution in [0.5, 0.6) is 0 Å². The second kappa shape index (κ2) is 7.34. The smallest absolute Gasteiger partial charge is 0.208 e. The minimum atomic E-state index is -3.18. The van der Waals surface area contributed by atoms with Gasteiger partial charge in [0.2, 0.25) is 7.37 Å². The summed E-state index contributed by atoms with van der Waals surface area (Å²) in [6.07, 6.45) is 0.526. The second-order valence-corrected chi connectivity index (χ2v) is 7.63. The van der Waals surface area contributed by atoms with Gasteiger partial charge in [0, 0.05) is 7.11 Å². The van der Waals surface area contributed by atoms with E-state index in [9.17, 15) is 9.46 Å². The molecule has 1 aromatic carbocycles. The van der Waals surface area contributed by atoms with Crippen molar-refractivity contribution in [1.29, 1.82) is 0 Å². The van der Waals surface area contributed by atoms with Crippen molar-refractivity contribution in [3.05, 3.63) is 35.9 Å². The predicted molar refractivity (Wildman–Crippen MR) is 75.9 cm³/mol. The lowest BCUT2D eigenvalue weighted by Crippen LogP contribution is -2.16. The Morgan fingerprint density at radius 1 is 1.35 bits per heavy atom. The molecule has 0 amide bonds. The molecule has 5 nitrogen and oxygen atoms in total. The quantitative estimate of drug-likeness (QED) is 0.618. The Kier molecular flexibility index (Phi) is 5.75. The van der Waals surface area contributed by atoms with E-state index >= 15 is 0 Å². The summed E-state index contributed by atoms with van der Waals surface area (Å²) in [5, 5.41) is 0. The van der Waals surface area contributed by atoms with Crippen LogP contribution in [0.15, 0.2) is 30.3 Å². The van der Waals surface area contributed by atoms with Gasteiger partial charge < -0.3 is 19.1 Å². The van der Waals surface area contributed by atoms with Crippen LogP contribution < -0.4 is 0 Å². The molecule has 1 fully saturated rings. The predicted octanol–water partition coefficient (Wildman–Crippen LogP) is 2.24. The molecule has 112 valence electrons. The summed E-state index contributed by atoms with van der Waals surface area (Å²) in [5.41, 5.74) is 0.721. The first-order chi connectivity index (χ1) is 9.62. The molecular weight excluding hydrogens is 279 g/mol. The second-order valence-electron chi connectivity index (χ2n) is 5.02. The third-order valence-corrected chi connectivity index (χ3v) is 5.85. The minimum absolute atomic E-state index is 0.155. The largest absolute Gasteiger partial charge is 0.376 e. The first-order valence-electron chi connectivity index (χ1n) is 6.65. The maximum absolute atomic E-state index is 12.1. The molecule has 1 saturated heterocycles. The molecule has 1 unspecified atom stereocenters. The zero-order valence-corrected chi connectivity index (χ0v) is 12.5. The number of hydrogen-bond acceptors (Lipinski definition) is 4. The topological polar surface area (TPSA) is 65.0 Å². The fourth-order valence-electron chi connectivity index (χ4n) is 2.34. The highest BCUT2D eigenvalue weighted by Gasteiger charge is 2.42. The monoisotopic (exact) mass is 300 g/mol. The lowest BCUT2D eigenvalue weighted by atomic mass is 10.2. The van der Waals surface area contributed by atoms with E-state index in [1.165, 1.54) is 7.11 Å². The van der Waals surface area contributed by atoms with Crippen molar-refractivity contribution in [2.45, 2.75) is 24.8 Å². The number of benzene rings is 1. The fraction of sp³-hybridized carbons (Fsp3) is 0.571. The molecule has 20 heavy (non-hydrogen) atoms. The van der Waals surface area contributed by atoms with Crippen molar-refractivity contribution >= 4 is 7.37 Å². The normalized spacial score (nSPS) is 29.7. The van der Waals surface area contributed by atoms with Crippen molar-refractivity contribution in [3.63, 3.8) is 0 Å². The van der Waals surface area contributed by atoms with Crippen molar-refractivity contribution < 1.29 is 23.7 Å². The third kappa shape index (κ3) is 4.40. The van der Waals surface area contributed by atoms with Crippen LogP contribution in [0.25, 0.3) is 0 Å². The van der Waals surface area contributed by atoms with Crippen LogP contribution in [0.4, 0.5) is 0 Å². The summed E-state index contributed by atoms with van der Waals surface area (Å²) in [5.74, 6) is 0. The average Bonchev–Trinajstić information content (AvgIpc) is 2.72. The highest BCUT2D eigenvalue weighted by Crippen LogP contribution is 2.55. The molecule has 2 rings (SSSR count). The molecule has 0 saturated carbocycles. The SMILES string of the molecule is COCO[C@H]1C[C@H](COCc2ccccc2)P(=O)(O)C1. The highest BCUT2D eigenvalue weighted by molar-refractivity contribution is 7.59. The highest BCUT2D eigenvalue weighted by atomic mass is 31.2. The molecule has 0 aliphatic carbocycles. The van der Waals surface area contributed by atoms with Crippen LogP contribution in [0.1, 0.15) is 12.0 Å². The third-order valence-electron chi connectivity index (χ3n) is 3.41. The first kappa shape index (κ1) is 15.7. The zero-order chi connectivity index (χ0) is 14.4. The number of hydrogen-bond donors (Lipinski definition) is 1. The summed E-state index contributed by atoms with van der Waals surface area (Å²) in [6, 6.07) is 9.77. The first-order valence-corrected chi connectivity index (χ1v) is 8.57. The Morgan fingerprint density at radius 3 is 2.80 bits per heavy atom.